The third-order valence-electron chi connectivity index (χ3n) is 5.71. The zero-order valence-electron chi connectivity index (χ0n) is 15.2. The Morgan fingerprint density at radius 2 is 2.15 bits per heavy atom. The summed E-state index contributed by atoms with van der Waals surface area (Å²) < 4.78 is 0. The van der Waals surface area contributed by atoms with Crippen LogP contribution in [0.3, 0.4) is 0 Å². The summed E-state index contributed by atoms with van der Waals surface area (Å²) in [5.41, 5.74) is 2.04. The largest absolute Gasteiger partial charge is 0.354 e. The number of nitrogens with one attached hydrogen (secondary N) is 1. The third kappa shape index (κ3) is 2.72. The maximum absolute atomic E-state index is 13.1. The number of H-pyrrole nitrogens is 1. The van der Waals surface area contributed by atoms with E-state index >= 15 is 0 Å². The minimum atomic E-state index is -0.0165. The molecule has 8 heteroatoms. The van der Waals surface area contributed by atoms with Gasteiger partial charge in [0.15, 0.2) is 0 Å². The molecule has 1 saturated carbocycles. The molecule has 0 bridgehead atoms. The van der Waals surface area contributed by atoms with Crippen molar-refractivity contribution in [2.75, 3.05) is 24.5 Å². The van der Waals surface area contributed by atoms with Crippen LogP contribution in [0.15, 0.2) is 31.0 Å². The Bertz CT molecular complexity index is 1000. The first-order valence-corrected chi connectivity index (χ1v) is 9.33. The Kier molecular flexibility index (Phi) is 3.77. The summed E-state index contributed by atoms with van der Waals surface area (Å²) in [5, 5.41) is 1.03. The lowest BCUT2D eigenvalue weighted by atomic mass is 9.78. The molecule has 1 unspecified atom stereocenters. The van der Waals surface area contributed by atoms with Crippen molar-refractivity contribution in [2.24, 2.45) is 5.92 Å². The molecular formula is C19H21N7O. The molecule has 3 aromatic heterocycles. The summed E-state index contributed by atoms with van der Waals surface area (Å²) in [6.07, 6.45) is 8.91. The lowest BCUT2D eigenvalue weighted by Crippen LogP contribution is -2.50. The van der Waals surface area contributed by atoms with Gasteiger partial charge in [-0.3, -0.25) is 9.78 Å². The highest BCUT2D eigenvalue weighted by Gasteiger charge is 2.42. The molecule has 2 atom stereocenters. The monoisotopic (exact) mass is 363 g/mol. The number of amides is 1. The van der Waals surface area contributed by atoms with Gasteiger partial charge in [-0.1, -0.05) is 0 Å². The van der Waals surface area contributed by atoms with Crippen LogP contribution in [-0.4, -0.2) is 61.4 Å². The van der Waals surface area contributed by atoms with Gasteiger partial charge in [0.2, 0.25) is 0 Å². The van der Waals surface area contributed by atoms with Gasteiger partial charge < -0.3 is 14.8 Å². The van der Waals surface area contributed by atoms with E-state index in [-0.39, 0.29) is 11.9 Å². The number of aromatic amines is 1. The van der Waals surface area contributed by atoms with Crippen LogP contribution >= 0.6 is 0 Å². The van der Waals surface area contributed by atoms with E-state index in [2.05, 4.69) is 29.8 Å². The number of hydrogen-bond donors (Lipinski definition) is 1. The molecule has 0 aromatic carbocycles. The average Bonchev–Trinajstić information content (AvgIpc) is 3.09. The normalized spacial score (nSPS) is 22.3. The van der Waals surface area contributed by atoms with Crippen molar-refractivity contribution in [3.63, 3.8) is 0 Å². The molecule has 1 aliphatic carbocycles. The zero-order chi connectivity index (χ0) is 18.4. The number of aryl methyl sites for hydroxylation is 1. The molecule has 0 spiro atoms. The molecule has 8 nitrogen and oxygen atoms in total. The average molecular weight is 363 g/mol. The van der Waals surface area contributed by atoms with Gasteiger partial charge in [-0.05, 0) is 31.7 Å². The molecule has 2 aliphatic rings. The van der Waals surface area contributed by atoms with Crippen molar-refractivity contribution < 1.29 is 4.79 Å². The van der Waals surface area contributed by atoms with Crippen LogP contribution in [0, 0.1) is 12.8 Å². The van der Waals surface area contributed by atoms with Gasteiger partial charge in [0, 0.05) is 38.1 Å². The standard InChI is InChI=1S/C19H21N7O/c1-12-8-20-9-15(24-12)19(27)26-7-6-25(10-13-2-3-16(13)26)18-14-4-5-21-17(14)22-11-23-18/h4-5,8-9,11,13,16H,2-3,6-7,10H2,1H3,(H,21,22,23)/t13-,16?/m0/s1. The Hall–Kier alpha value is -3.03. The van der Waals surface area contributed by atoms with Gasteiger partial charge >= 0.3 is 0 Å². The first-order valence-electron chi connectivity index (χ1n) is 9.33. The number of carbonyl (C=O) groups excluding carboxylic acids is 1. The quantitative estimate of drug-likeness (QED) is 0.747. The Morgan fingerprint density at radius 1 is 1.22 bits per heavy atom. The number of fused-ring (bicyclic) bond motifs is 2. The zero-order valence-corrected chi connectivity index (χ0v) is 15.2. The molecule has 3 aromatic rings. The maximum Gasteiger partial charge on any atom is 0.274 e. The lowest BCUT2D eigenvalue weighted by molar-refractivity contribution is 0.0468. The highest BCUT2D eigenvalue weighted by Crippen LogP contribution is 2.37. The van der Waals surface area contributed by atoms with Gasteiger partial charge in [-0.2, -0.15) is 0 Å². The number of anilines is 1. The molecule has 4 heterocycles. The van der Waals surface area contributed by atoms with Crippen molar-refractivity contribution in [1.29, 1.82) is 0 Å². The third-order valence-corrected chi connectivity index (χ3v) is 5.71. The summed E-state index contributed by atoms with van der Waals surface area (Å²) >= 11 is 0. The van der Waals surface area contributed by atoms with E-state index in [0.717, 1.165) is 48.5 Å². The van der Waals surface area contributed by atoms with Crippen molar-refractivity contribution >= 4 is 22.8 Å². The van der Waals surface area contributed by atoms with Crippen LogP contribution in [0.25, 0.3) is 11.0 Å². The van der Waals surface area contributed by atoms with Crippen molar-refractivity contribution in [1.82, 2.24) is 29.8 Å². The van der Waals surface area contributed by atoms with Crippen molar-refractivity contribution in [3.8, 4) is 0 Å². The fourth-order valence-corrected chi connectivity index (χ4v) is 4.21. The van der Waals surface area contributed by atoms with E-state index in [4.69, 9.17) is 0 Å². The summed E-state index contributed by atoms with van der Waals surface area (Å²) in [7, 11) is 0. The highest BCUT2D eigenvalue weighted by molar-refractivity contribution is 5.92. The van der Waals surface area contributed by atoms with E-state index in [9.17, 15) is 4.79 Å². The first kappa shape index (κ1) is 16.2. The molecular weight excluding hydrogens is 342 g/mol. The van der Waals surface area contributed by atoms with Crippen LogP contribution in [-0.2, 0) is 0 Å². The number of aromatic nitrogens is 5. The van der Waals surface area contributed by atoms with Crippen LogP contribution in [0.1, 0.15) is 29.0 Å². The Labute approximate surface area is 156 Å². The van der Waals surface area contributed by atoms with E-state index in [0.29, 0.717) is 18.2 Å². The van der Waals surface area contributed by atoms with E-state index in [1.807, 2.05) is 24.1 Å². The second-order valence-electron chi connectivity index (χ2n) is 7.33. The predicted molar refractivity (Wildman–Crippen MR) is 100 cm³/mol. The summed E-state index contributed by atoms with van der Waals surface area (Å²) in [5.74, 6) is 1.38. The van der Waals surface area contributed by atoms with Gasteiger partial charge in [0.1, 0.15) is 23.5 Å². The minimum absolute atomic E-state index is 0.0165. The SMILES string of the molecule is Cc1cncc(C(=O)N2CCN(c3ncnc4[nH]ccc34)C[C@@H]3CCC32)n1. The van der Waals surface area contributed by atoms with Gasteiger partial charge in [0.05, 0.1) is 17.3 Å². The van der Waals surface area contributed by atoms with Gasteiger partial charge in [-0.25, -0.2) is 15.0 Å². The smallest absolute Gasteiger partial charge is 0.274 e. The summed E-state index contributed by atoms with van der Waals surface area (Å²) in [6, 6.07) is 2.28. The Balaban J connectivity index is 1.43. The summed E-state index contributed by atoms with van der Waals surface area (Å²) in [4.78, 5) is 37.9. The fourth-order valence-electron chi connectivity index (χ4n) is 4.21. The first-order chi connectivity index (χ1) is 13.2. The Morgan fingerprint density at radius 3 is 2.96 bits per heavy atom. The second kappa shape index (κ2) is 6.29. The second-order valence-corrected chi connectivity index (χ2v) is 7.33. The molecule has 0 radical (unpaired) electrons. The number of hydrogen-bond acceptors (Lipinski definition) is 6. The lowest BCUT2D eigenvalue weighted by Gasteiger charge is -2.42. The number of rotatable bonds is 2. The van der Waals surface area contributed by atoms with Gasteiger partial charge in [0.25, 0.3) is 5.91 Å². The van der Waals surface area contributed by atoms with Gasteiger partial charge in [-0.15, -0.1) is 0 Å². The number of nitrogens with zero attached hydrogens (tertiary/aromatic N) is 6. The molecule has 1 amide bonds. The maximum atomic E-state index is 13.1. The molecule has 2 fully saturated rings. The molecule has 5 rings (SSSR count). The molecule has 27 heavy (non-hydrogen) atoms. The highest BCUT2D eigenvalue weighted by atomic mass is 16.2. The van der Waals surface area contributed by atoms with Crippen molar-refractivity contribution in [3.05, 3.63) is 42.4 Å². The topological polar surface area (TPSA) is 90.9 Å². The van der Waals surface area contributed by atoms with Crippen LogP contribution < -0.4 is 4.90 Å². The van der Waals surface area contributed by atoms with E-state index < -0.39 is 0 Å². The molecule has 1 aliphatic heterocycles. The van der Waals surface area contributed by atoms with Crippen LogP contribution in [0.2, 0.25) is 0 Å². The van der Waals surface area contributed by atoms with Crippen molar-refractivity contribution in [2.45, 2.75) is 25.8 Å². The van der Waals surface area contributed by atoms with Crippen LogP contribution in [0.5, 0.6) is 0 Å². The molecule has 138 valence electrons. The van der Waals surface area contributed by atoms with Crippen LogP contribution in [0.4, 0.5) is 5.82 Å². The molecule has 1 saturated heterocycles. The van der Waals surface area contributed by atoms with E-state index in [1.54, 1.807) is 18.7 Å². The predicted octanol–water partition coefficient (Wildman–Crippen LogP) is 1.80. The summed E-state index contributed by atoms with van der Waals surface area (Å²) in [6.45, 7) is 4.17. The fraction of sp³-hybridized carbons (Fsp3) is 0.421. The molecule has 1 N–H and O–H groups in total. The van der Waals surface area contributed by atoms with E-state index in [1.165, 1.54) is 0 Å². The number of carbonyl (C=O) groups is 1. The minimum Gasteiger partial charge on any atom is -0.354 e.